The van der Waals surface area contributed by atoms with Crippen LogP contribution < -0.4 is 0 Å². The van der Waals surface area contributed by atoms with Gasteiger partial charge in [0.25, 0.3) is 5.82 Å². The molecule has 2 rings (SSSR count). The molecule has 0 spiro atoms. The fourth-order valence-corrected chi connectivity index (χ4v) is 1.94. The van der Waals surface area contributed by atoms with Crippen molar-refractivity contribution in [2.24, 2.45) is 0 Å². The van der Waals surface area contributed by atoms with Gasteiger partial charge in [-0.05, 0) is 25.5 Å². The third kappa shape index (κ3) is 3.12. The van der Waals surface area contributed by atoms with Gasteiger partial charge in [-0.25, -0.2) is 14.5 Å². The lowest BCUT2D eigenvalue weighted by Gasteiger charge is -2.22. The molecule has 1 heterocycles. The highest BCUT2D eigenvalue weighted by molar-refractivity contribution is 5.85. The topological polar surface area (TPSA) is 57.0 Å². The number of nitrogens with zero attached hydrogens (tertiary/aromatic N) is 3. The Morgan fingerprint density at radius 1 is 1.24 bits per heavy atom. The predicted molar refractivity (Wildman–Crippen MR) is 80.6 cm³/mol. The molecule has 5 heteroatoms. The molecule has 0 saturated heterocycles. The van der Waals surface area contributed by atoms with E-state index in [1.165, 1.54) is 0 Å². The van der Waals surface area contributed by atoms with Crippen molar-refractivity contribution in [1.29, 1.82) is 0 Å². The summed E-state index contributed by atoms with van der Waals surface area (Å²) in [5.41, 5.74) is 0.699. The summed E-state index contributed by atoms with van der Waals surface area (Å²) in [7, 11) is 0. The number of esters is 1. The number of rotatable bonds is 5. The zero-order chi connectivity index (χ0) is 15.5. The molecule has 0 atom stereocenters. The van der Waals surface area contributed by atoms with Crippen LogP contribution in [0.25, 0.3) is 5.69 Å². The molecule has 0 aliphatic heterocycles. The van der Waals surface area contributed by atoms with Crippen LogP contribution in [0.3, 0.4) is 0 Å². The second kappa shape index (κ2) is 6.08. The van der Waals surface area contributed by atoms with Gasteiger partial charge in [0.1, 0.15) is 5.82 Å². The molecule has 0 aliphatic rings. The summed E-state index contributed by atoms with van der Waals surface area (Å²) in [6, 6.07) is 9.70. The maximum absolute atomic E-state index is 11.9. The van der Waals surface area contributed by atoms with Crippen LogP contribution in [-0.4, -0.2) is 27.3 Å². The van der Waals surface area contributed by atoms with Crippen molar-refractivity contribution >= 4 is 5.97 Å². The standard InChI is InChI=1S/C16H21N3O2/c1-5-16(3,4)15-17-13(14(20)21-6-2)18-19(15)12-10-8-7-9-11-12/h7-11H,5-6H2,1-4H3. The van der Waals surface area contributed by atoms with E-state index >= 15 is 0 Å². The largest absolute Gasteiger partial charge is 0.460 e. The van der Waals surface area contributed by atoms with Crippen molar-refractivity contribution in [3.8, 4) is 5.69 Å². The van der Waals surface area contributed by atoms with Gasteiger partial charge in [-0.3, -0.25) is 0 Å². The number of benzene rings is 1. The summed E-state index contributed by atoms with van der Waals surface area (Å²) in [6.07, 6.45) is 0.890. The van der Waals surface area contributed by atoms with Crippen LogP contribution in [0.2, 0.25) is 0 Å². The van der Waals surface area contributed by atoms with Crippen LogP contribution in [0.5, 0.6) is 0 Å². The maximum atomic E-state index is 11.9. The van der Waals surface area contributed by atoms with Crippen LogP contribution >= 0.6 is 0 Å². The first-order valence-corrected chi connectivity index (χ1v) is 7.19. The van der Waals surface area contributed by atoms with Gasteiger partial charge in [0.15, 0.2) is 0 Å². The monoisotopic (exact) mass is 287 g/mol. The molecule has 0 saturated carbocycles. The molecule has 1 aromatic carbocycles. The second-order valence-electron chi connectivity index (χ2n) is 5.46. The van der Waals surface area contributed by atoms with Crippen molar-refractivity contribution in [2.75, 3.05) is 6.61 Å². The third-order valence-corrected chi connectivity index (χ3v) is 3.56. The van der Waals surface area contributed by atoms with Crippen LogP contribution in [0.4, 0.5) is 0 Å². The predicted octanol–water partition coefficient (Wildman–Crippen LogP) is 3.13. The highest BCUT2D eigenvalue weighted by Gasteiger charge is 2.29. The van der Waals surface area contributed by atoms with E-state index in [9.17, 15) is 4.79 Å². The summed E-state index contributed by atoms with van der Waals surface area (Å²) in [5, 5.41) is 4.34. The highest BCUT2D eigenvalue weighted by Crippen LogP contribution is 2.27. The third-order valence-electron chi connectivity index (χ3n) is 3.56. The van der Waals surface area contributed by atoms with E-state index in [1.807, 2.05) is 30.3 Å². The molecule has 0 fully saturated rings. The molecule has 1 aromatic heterocycles. The maximum Gasteiger partial charge on any atom is 0.378 e. The number of hydrogen-bond donors (Lipinski definition) is 0. The molecule has 0 radical (unpaired) electrons. The normalized spacial score (nSPS) is 11.4. The molecule has 21 heavy (non-hydrogen) atoms. The molecule has 112 valence electrons. The second-order valence-corrected chi connectivity index (χ2v) is 5.46. The lowest BCUT2D eigenvalue weighted by atomic mass is 9.89. The number of hydrogen-bond acceptors (Lipinski definition) is 4. The van der Waals surface area contributed by atoms with Crippen LogP contribution in [-0.2, 0) is 10.2 Å². The summed E-state index contributed by atoms with van der Waals surface area (Å²) in [5.74, 6) is 0.386. The Morgan fingerprint density at radius 2 is 1.90 bits per heavy atom. The fraction of sp³-hybridized carbons (Fsp3) is 0.438. The zero-order valence-electron chi connectivity index (χ0n) is 13.0. The summed E-state index contributed by atoms with van der Waals surface area (Å²) < 4.78 is 6.73. The molecular weight excluding hydrogens is 266 g/mol. The van der Waals surface area contributed by atoms with Crippen molar-refractivity contribution in [3.05, 3.63) is 42.0 Å². The smallest absolute Gasteiger partial charge is 0.378 e. The minimum atomic E-state index is -0.486. The van der Waals surface area contributed by atoms with Crippen molar-refractivity contribution in [3.63, 3.8) is 0 Å². The summed E-state index contributed by atoms with van der Waals surface area (Å²) >= 11 is 0. The van der Waals surface area contributed by atoms with Gasteiger partial charge in [0, 0.05) is 5.41 Å². The highest BCUT2D eigenvalue weighted by atomic mass is 16.5. The van der Waals surface area contributed by atoms with Crippen LogP contribution in [0.1, 0.15) is 50.6 Å². The van der Waals surface area contributed by atoms with Crippen molar-refractivity contribution in [2.45, 2.75) is 39.5 Å². The molecule has 0 aliphatic carbocycles. The van der Waals surface area contributed by atoms with E-state index in [2.05, 4.69) is 30.9 Å². The van der Waals surface area contributed by atoms with E-state index in [1.54, 1.807) is 11.6 Å². The number of carbonyl (C=O) groups excluding carboxylic acids is 1. The molecule has 0 amide bonds. The van der Waals surface area contributed by atoms with E-state index < -0.39 is 5.97 Å². The molecule has 5 nitrogen and oxygen atoms in total. The zero-order valence-corrected chi connectivity index (χ0v) is 13.0. The number of carbonyl (C=O) groups is 1. The first kappa shape index (κ1) is 15.2. The van der Waals surface area contributed by atoms with E-state index in [0.29, 0.717) is 6.61 Å². The number of ether oxygens (including phenoxy) is 1. The van der Waals surface area contributed by atoms with Gasteiger partial charge in [0.2, 0.25) is 0 Å². The lowest BCUT2D eigenvalue weighted by molar-refractivity contribution is 0.0512. The minimum absolute atomic E-state index is 0.109. The molecule has 0 unspecified atom stereocenters. The van der Waals surface area contributed by atoms with E-state index in [0.717, 1.165) is 17.9 Å². The van der Waals surface area contributed by atoms with Crippen molar-refractivity contribution < 1.29 is 9.53 Å². The quantitative estimate of drug-likeness (QED) is 0.793. The lowest BCUT2D eigenvalue weighted by Crippen LogP contribution is -2.22. The Kier molecular flexibility index (Phi) is 4.40. The Morgan fingerprint density at radius 3 is 2.48 bits per heavy atom. The van der Waals surface area contributed by atoms with Gasteiger partial charge in [-0.2, -0.15) is 0 Å². The Bertz CT molecular complexity index is 618. The SMILES string of the molecule is CCOC(=O)c1nc(C(C)(C)CC)n(-c2ccccc2)n1. The number of aromatic nitrogens is 3. The first-order valence-electron chi connectivity index (χ1n) is 7.19. The number of para-hydroxylation sites is 1. The fourth-order valence-electron chi connectivity index (χ4n) is 1.94. The average Bonchev–Trinajstić information content (AvgIpc) is 2.94. The molecule has 0 N–H and O–H groups in total. The van der Waals surface area contributed by atoms with E-state index in [-0.39, 0.29) is 11.2 Å². The minimum Gasteiger partial charge on any atom is -0.460 e. The van der Waals surface area contributed by atoms with Gasteiger partial charge < -0.3 is 4.74 Å². The Balaban J connectivity index is 2.54. The van der Waals surface area contributed by atoms with Crippen LogP contribution in [0, 0.1) is 0 Å². The Labute approximate surface area is 125 Å². The van der Waals surface area contributed by atoms with Gasteiger partial charge in [-0.1, -0.05) is 39.0 Å². The average molecular weight is 287 g/mol. The van der Waals surface area contributed by atoms with Crippen LogP contribution in [0.15, 0.2) is 30.3 Å². The first-order chi connectivity index (χ1) is 9.99. The van der Waals surface area contributed by atoms with Crippen molar-refractivity contribution in [1.82, 2.24) is 14.8 Å². The molecular formula is C16H21N3O2. The van der Waals surface area contributed by atoms with Gasteiger partial charge in [-0.15, -0.1) is 5.10 Å². The van der Waals surface area contributed by atoms with Gasteiger partial charge in [0.05, 0.1) is 12.3 Å². The summed E-state index contributed by atoms with van der Waals surface area (Å²) in [6.45, 7) is 8.35. The van der Waals surface area contributed by atoms with E-state index in [4.69, 9.17) is 4.74 Å². The van der Waals surface area contributed by atoms with Gasteiger partial charge >= 0.3 is 5.97 Å². The molecule has 2 aromatic rings. The Hall–Kier alpha value is -2.17. The summed E-state index contributed by atoms with van der Waals surface area (Å²) in [4.78, 5) is 16.3. The molecule has 0 bridgehead atoms.